The van der Waals surface area contributed by atoms with Crippen LogP contribution in [-0.4, -0.2) is 117 Å². The number of hydrogen-bond acceptors (Lipinski definition) is 6. The molecule has 2 fully saturated rings. The number of pyridine rings is 1. The van der Waals surface area contributed by atoms with Crippen molar-refractivity contribution in [1.29, 1.82) is 0 Å². The van der Waals surface area contributed by atoms with Gasteiger partial charge in [-0.05, 0) is 11.6 Å². The third-order valence-electron chi connectivity index (χ3n) is 8.48. The molecule has 13 nitrogen and oxygen atoms in total. The van der Waals surface area contributed by atoms with Crippen LogP contribution in [0.1, 0.15) is 23.6 Å². The quantitative estimate of drug-likeness (QED) is 0.175. The molecule has 4 N–H and O–H groups in total. The molecule has 3 heterocycles. The molecule has 15 heteroatoms. The summed E-state index contributed by atoms with van der Waals surface area (Å²) in [6.07, 6.45) is 1.43. The van der Waals surface area contributed by atoms with Gasteiger partial charge >= 0.3 is 218 Å². The third kappa shape index (κ3) is 8.49. The van der Waals surface area contributed by atoms with Crippen molar-refractivity contribution in [2.24, 2.45) is 0 Å². The van der Waals surface area contributed by atoms with Crippen LogP contribution < -0.4 is 8.13 Å². The van der Waals surface area contributed by atoms with Crippen LogP contribution in [0.2, 0.25) is 0 Å². The number of benzene rings is 3. The van der Waals surface area contributed by atoms with Crippen LogP contribution in [0.3, 0.4) is 0 Å². The Labute approximate surface area is 295 Å². The molecule has 48 heavy (non-hydrogen) atoms. The minimum atomic E-state index is -4.64. The Balaban J connectivity index is 0.000000840. The number of hydrogen-bond donors (Lipinski definition) is 4. The first-order valence-corrected chi connectivity index (χ1v) is 18.0. The Bertz CT molecular complexity index is 1810. The zero-order valence-electron chi connectivity index (χ0n) is 26.9. The van der Waals surface area contributed by atoms with Crippen LogP contribution >= 0.6 is 7.82 Å². The molecule has 1 aromatic heterocycles. The minimum Gasteiger partial charge on any atom is -0.303 e. The number of piperazine rings is 1. The molecule has 2 saturated heterocycles. The van der Waals surface area contributed by atoms with Gasteiger partial charge in [0.1, 0.15) is 0 Å². The SMILES string of the molecule is C[C@H]1C2N(C(=O)CN(C)N2C(=O)NCc2ccccc2)[C@@H](Cc2cc[c]([Na])cc2)C(=O)N1Cc1cccc2cccnc12.O=P(O)(O)O. The summed E-state index contributed by atoms with van der Waals surface area (Å²) in [4.78, 5) is 71.6. The molecule has 1 unspecified atom stereocenters. The van der Waals surface area contributed by atoms with Gasteiger partial charge < -0.3 is 14.7 Å². The molecule has 246 valence electrons. The number of carbonyl (C=O) groups is 3. The second kappa shape index (κ2) is 15.3. The molecule has 3 aromatic carbocycles. The number of urea groups is 1. The first-order valence-electron chi connectivity index (χ1n) is 15.4. The second-order valence-electron chi connectivity index (χ2n) is 11.9. The zero-order valence-corrected chi connectivity index (χ0v) is 29.8. The maximum absolute atomic E-state index is 14.4. The van der Waals surface area contributed by atoms with Crippen molar-refractivity contribution in [1.82, 2.24) is 30.1 Å². The van der Waals surface area contributed by atoms with Gasteiger partial charge in [-0.25, -0.2) is 4.57 Å². The molecule has 0 aliphatic carbocycles. The largest absolute Gasteiger partial charge is 0.466 e. The van der Waals surface area contributed by atoms with E-state index in [4.69, 9.17) is 19.2 Å². The van der Waals surface area contributed by atoms with Gasteiger partial charge in [0.15, 0.2) is 0 Å². The number of phosphoric acid groups is 1. The van der Waals surface area contributed by atoms with Gasteiger partial charge in [0.05, 0.1) is 0 Å². The van der Waals surface area contributed by atoms with Crippen LogP contribution in [0, 0.1) is 0 Å². The van der Waals surface area contributed by atoms with E-state index >= 15 is 0 Å². The van der Waals surface area contributed by atoms with E-state index in [1.807, 2.05) is 84.6 Å². The molecule has 0 spiro atoms. The van der Waals surface area contributed by atoms with Crippen molar-refractivity contribution in [3.8, 4) is 0 Å². The van der Waals surface area contributed by atoms with Crippen LogP contribution in [0.5, 0.6) is 0 Å². The van der Waals surface area contributed by atoms with E-state index in [0.717, 1.165) is 55.5 Å². The molecule has 6 rings (SSSR count). The van der Waals surface area contributed by atoms with Crippen LogP contribution in [0.4, 0.5) is 4.79 Å². The normalized spacial score (nSPS) is 19.9. The number of nitrogens with zero attached hydrogens (tertiary/aromatic N) is 5. The summed E-state index contributed by atoms with van der Waals surface area (Å²) < 4.78 is 10.1. The summed E-state index contributed by atoms with van der Waals surface area (Å²) in [6, 6.07) is 26.2. The predicted octanol–water partition coefficient (Wildman–Crippen LogP) is 1.67. The molecule has 0 bridgehead atoms. The number of amides is 4. The van der Waals surface area contributed by atoms with Crippen LogP contribution in [-0.2, 0) is 33.7 Å². The number of para-hydroxylation sites is 1. The Morgan fingerprint density at radius 2 is 1.62 bits per heavy atom. The summed E-state index contributed by atoms with van der Waals surface area (Å²) in [7, 11) is -2.89. The zero-order chi connectivity index (χ0) is 34.6. The van der Waals surface area contributed by atoms with Crippen molar-refractivity contribution in [3.63, 3.8) is 0 Å². The molecule has 4 amide bonds. The molecule has 3 atom stereocenters. The number of hydrazine groups is 1. The standard InChI is InChI=1S/C33H33N6O3.Na.H3O4P/c1-23-31-38(29(40)22-36(2)39(31)33(42)35-20-25-13-7-4-8-14-25)28(19-24-11-5-3-6-12-24)32(41)37(23)21-27-16-9-15-26-17-10-18-34-30(26)27;;1-5(2,3)4/h4-18,23,28,31H,19-22H2,1-2H3,(H,35,42);;(H3,1,2,3,4)/t23-,28-,31?;;/m0../s1. The van der Waals surface area contributed by atoms with Crippen molar-refractivity contribution in [2.45, 2.75) is 44.7 Å². The summed E-state index contributed by atoms with van der Waals surface area (Å²) in [5.74, 6) is -0.301. The molecular formula is C33H36N6NaO7P. The Morgan fingerprint density at radius 3 is 2.31 bits per heavy atom. The van der Waals surface area contributed by atoms with Gasteiger partial charge in [0, 0.05) is 6.20 Å². The number of nitrogens with one attached hydrogen (secondary N) is 1. The van der Waals surface area contributed by atoms with E-state index in [9.17, 15) is 14.4 Å². The Kier molecular flexibility index (Phi) is 11.3. The molecule has 0 radical (unpaired) electrons. The van der Waals surface area contributed by atoms with Gasteiger partial charge in [0.2, 0.25) is 0 Å². The first kappa shape index (κ1) is 35.7. The maximum atomic E-state index is 14.4. The fraction of sp³-hybridized carbons (Fsp3) is 0.273. The van der Waals surface area contributed by atoms with Crippen molar-refractivity contribution < 1.29 is 33.6 Å². The van der Waals surface area contributed by atoms with E-state index in [-0.39, 0.29) is 24.4 Å². The van der Waals surface area contributed by atoms with E-state index in [1.165, 1.54) is 2.81 Å². The van der Waals surface area contributed by atoms with Crippen LogP contribution in [0.25, 0.3) is 10.9 Å². The summed E-state index contributed by atoms with van der Waals surface area (Å²) >= 11 is 0.932. The fourth-order valence-electron chi connectivity index (χ4n) is 6.25. The van der Waals surface area contributed by atoms with E-state index < -0.39 is 26.1 Å². The smallest absolute Gasteiger partial charge is 0.303 e. The van der Waals surface area contributed by atoms with E-state index in [0.29, 0.717) is 19.5 Å². The van der Waals surface area contributed by atoms with Gasteiger partial charge in [0.25, 0.3) is 0 Å². The average molecular weight is 683 g/mol. The van der Waals surface area contributed by atoms with Crippen molar-refractivity contribution in [3.05, 3.63) is 108 Å². The fourth-order valence-corrected chi connectivity index (χ4v) is 6.58. The number of aromatic nitrogens is 1. The average Bonchev–Trinajstić information content (AvgIpc) is 3.04. The Hall–Kier alpha value is -3.65. The molecule has 4 aromatic rings. The van der Waals surface area contributed by atoms with E-state index in [1.54, 1.807) is 28.2 Å². The molecule has 2 aliphatic rings. The maximum Gasteiger partial charge on any atom is 0.466 e. The van der Waals surface area contributed by atoms with Crippen molar-refractivity contribution in [2.75, 3.05) is 13.6 Å². The van der Waals surface area contributed by atoms with Gasteiger partial charge in [-0.15, -0.1) is 0 Å². The number of fused-ring (bicyclic) bond motifs is 2. The molecule has 0 saturated carbocycles. The second-order valence-corrected chi connectivity index (χ2v) is 14.1. The number of carbonyl (C=O) groups excluding carboxylic acids is 3. The summed E-state index contributed by atoms with van der Waals surface area (Å²) in [5.41, 5.74) is 3.70. The first-order chi connectivity index (χ1) is 22.8. The molecular weight excluding hydrogens is 646 g/mol. The van der Waals surface area contributed by atoms with Gasteiger partial charge in [-0.3, -0.25) is 0 Å². The minimum absolute atomic E-state index is 0.00149. The number of rotatable bonds is 6. The topological polar surface area (TPSA) is 167 Å². The molecule has 2 aliphatic heterocycles. The number of likely N-dealkylation sites (N-methyl/N-ethyl adjacent to an activating group) is 1. The van der Waals surface area contributed by atoms with Crippen molar-refractivity contribution >= 4 is 67.3 Å². The Morgan fingerprint density at radius 1 is 0.958 bits per heavy atom. The summed E-state index contributed by atoms with van der Waals surface area (Å²) in [6.45, 7) is 2.58. The third-order valence-corrected chi connectivity index (χ3v) is 9.15. The van der Waals surface area contributed by atoms with E-state index in [2.05, 4.69) is 22.4 Å². The van der Waals surface area contributed by atoms with Crippen LogP contribution in [0.15, 0.2) is 91.1 Å². The summed E-state index contributed by atoms with van der Waals surface area (Å²) in [5, 5.41) is 7.31. The van der Waals surface area contributed by atoms with Gasteiger partial charge in [-0.2, -0.15) is 0 Å². The predicted molar refractivity (Wildman–Crippen MR) is 179 cm³/mol. The van der Waals surface area contributed by atoms with Gasteiger partial charge in [-0.1, -0.05) is 42.5 Å². The monoisotopic (exact) mass is 682 g/mol.